The van der Waals surface area contributed by atoms with E-state index in [1.807, 2.05) is 6.07 Å². The smallest absolute Gasteiger partial charge is 0.272 e. The van der Waals surface area contributed by atoms with Gasteiger partial charge in [-0.25, -0.2) is 0 Å². The van der Waals surface area contributed by atoms with Gasteiger partial charge in [0.05, 0.1) is 5.54 Å². The summed E-state index contributed by atoms with van der Waals surface area (Å²) in [5, 5.41) is 7.89. The van der Waals surface area contributed by atoms with E-state index in [4.69, 9.17) is 0 Å². The summed E-state index contributed by atoms with van der Waals surface area (Å²) in [4.78, 5) is 15.3. The minimum absolute atomic E-state index is 0.00486. The molecule has 1 aromatic heterocycles. The molecule has 4 rings (SSSR count). The lowest BCUT2D eigenvalue weighted by Gasteiger charge is -2.22. The van der Waals surface area contributed by atoms with Crippen LogP contribution in [0.15, 0.2) is 6.07 Å². The maximum absolute atomic E-state index is 12.7. The molecule has 2 saturated carbocycles. The Balaban J connectivity index is 1.46. The Bertz CT molecular complexity index is 636. The predicted molar refractivity (Wildman–Crippen MR) is 94.3 cm³/mol. The lowest BCUT2D eigenvalue weighted by Crippen LogP contribution is -2.38. The summed E-state index contributed by atoms with van der Waals surface area (Å²) >= 11 is 0. The Kier molecular flexibility index (Phi) is 3.75. The van der Waals surface area contributed by atoms with Crippen LogP contribution in [0.5, 0.6) is 0 Å². The van der Waals surface area contributed by atoms with Crippen LogP contribution in [-0.2, 0) is 5.54 Å². The molecule has 132 valence electrons. The molecule has 1 N–H and O–H groups in total. The van der Waals surface area contributed by atoms with E-state index in [0.29, 0.717) is 17.7 Å². The normalized spacial score (nSPS) is 28.3. The zero-order chi connectivity index (χ0) is 17.1. The maximum atomic E-state index is 12.7. The van der Waals surface area contributed by atoms with Gasteiger partial charge in [0.15, 0.2) is 0 Å². The van der Waals surface area contributed by atoms with E-state index >= 15 is 0 Å². The average molecular weight is 330 g/mol. The number of hydrogen-bond acceptors (Lipinski definition) is 3. The summed E-state index contributed by atoms with van der Waals surface area (Å²) in [6.07, 6.45) is 6.15. The third kappa shape index (κ3) is 3.10. The largest absolute Gasteiger partial charge is 0.347 e. The Morgan fingerprint density at radius 3 is 2.54 bits per heavy atom. The van der Waals surface area contributed by atoms with Gasteiger partial charge in [0, 0.05) is 36.3 Å². The molecule has 1 amide bonds. The first-order valence-electron chi connectivity index (χ1n) is 9.50. The van der Waals surface area contributed by atoms with Gasteiger partial charge < -0.3 is 5.32 Å². The van der Waals surface area contributed by atoms with Gasteiger partial charge in [0.2, 0.25) is 0 Å². The van der Waals surface area contributed by atoms with E-state index in [1.165, 1.54) is 31.4 Å². The Hall–Kier alpha value is -1.36. The maximum Gasteiger partial charge on any atom is 0.272 e. The van der Waals surface area contributed by atoms with Gasteiger partial charge in [-0.3, -0.25) is 14.4 Å². The van der Waals surface area contributed by atoms with Crippen LogP contribution in [0.25, 0.3) is 0 Å². The number of carbonyl (C=O) groups excluding carboxylic acids is 1. The van der Waals surface area contributed by atoms with E-state index in [-0.39, 0.29) is 17.5 Å². The summed E-state index contributed by atoms with van der Waals surface area (Å²) < 4.78 is 2.06. The highest BCUT2D eigenvalue weighted by Gasteiger charge is 2.39. The van der Waals surface area contributed by atoms with Crippen molar-refractivity contribution in [3.05, 3.63) is 17.5 Å². The monoisotopic (exact) mass is 330 g/mol. The summed E-state index contributed by atoms with van der Waals surface area (Å²) in [6.45, 7) is 9.73. The van der Waals surface area contributed by atoms with Crippen LogP contribution in [0, 0.1) is 0 Å². The number of aromatic nitrogens is 2. The van der Waals surface area contributed by atoms with Crippen molar-refractivity contribution in [2.75, 3.05) is 6.54 Å². The van der Waals surface area contributed by atoms with Crippen LogP contribution in [0.1, 0.15) is 81.9 Å². The zero-order valence-electron chi connectivity index (χ0n) is 15.4. The first kappa shape index (κ1) is 16.1. The van der Waals surface area contributed by atoms with E-state index in [9.17, 15) is 4.79 Å². The fraction of sp³-hybridized carbons (Fsp3) is 0.789. The second-order valence-corrected chi connectivity index (χ2v) is 8.99. The molecular weight excluding hydrogens is 300 g/mol. The van der Waals surface area contributed by atoms with E-state index in [2.05, 4.69) is 47.7 Å². The molecule has 0 unspecified atom stereocenters. The molecule has 0 bridgehead atoms. The molecular formula is C19H30N4O. The molecule has 24 heavy (non-hydrogen) atoms. The average Bonchev–Trinajstić information content (AvgIpc) is 3.42. The molecule has 0 aromatic carbocycles. The van der Waals surface area contributed by atoms with Crippen LogP contribution < -0.4 is 5.32 Å². The second-order valence-electron chi connectivity index (χ2n) is 8.99. The lowest BCUT2D eigenvalue weighted by atomic mass is 10.1. The van der Waals surface area contributed by atoms with Crippen molar-refractivity contribution in [1.82, 2.24) is 20.0 Å². The van der Waals surface area contributed by atoms with Crippen molar-refractivity contribution >= 4 is 5.91 Å². The zero-order valence-corrected chi connectivity index (χ0v) is 15.4. The number of likely N-dealkylation sites (tertiary alicyclic amines) is 1. The van der Waals surface area contributed by atoms with Gasteiger partial charge in [-0.05, 0) is 65.9 Å². The summed E-state index contributed by atoms with van der Waals surface area (Å²) in [6, 6.07) is 3.63. The fourth-order valence-corrected chi connectivity index (χ4v) is 4.05. The molecule has 1 aromatic rings. The Morgan fingerprint density at radius 1 is 1.25 bits per heavy atom. The number of nitrogens with zero attached hydrogens (tertiary/aromatic N) is 3. The van der Waals surface area contributed by atoms with Crippen LogP contribution in [0.4, 0.5) is 0 Å². The molecule has 5 heteroatoms. The number of carbonyl (C=O) groups is 1. The SMILES string of the molecule is C[C@H]1C[C@@H](NC(=O)c2cc(C3CC3)n(C(C)(C)C)n2)CN1C1CC1. The third-order valence-corrected chi connectivity index (χ3v) is 5.57. The molecule has 3 fully saturated rings. The highest BCUT2D eigenvalue weighted by atomic mass is 16.2. The lowest BCUT2D eigenvalue weighted by molar-refractivity contribution is 0.0931. The van der Waals surface area contributed by atoms with E-state index in [0.717, 1.165) is 19.0 Å². The molecule has 5 nitrogen and oxygen atoms in total. The minimum atomic E-state index is -0.0822. The van der Waals surface area contributed by atoms with E-state index in [1.54, 1.807) is 0 Å². The number of nitrogens with one attached hydrogen (secondary N) is 1. The molecule has 1 saturated heterocycles. The summed E-state index contributed by atoms with van der Waals surface area (Å²) in [5.74, 6) is 0.588. The topological polar surface area (TPSA) is 50.2 Å². The second kappa shape index (κ2) is 5.58. The van der Waals surface area contributed by atoms with E-state index < -0.39 is 0 Å². The molecule has 0 spiro atoms. The molecule has 2 atom stereocenters. The fourth-order valence-electron chi connectivity index (χ4n) is 4.05. The Morgan fingerprint density at radius 2 is 1.96 bits per heavy atom. The van der Waals surface area contributed by atoms with Gasteiger partial charge in [-0.15, -0.1) is 0 Å². The number of rotatable bonds is 4. The van der Waals surface area contributed by atoms with Gasteiger partial charge in [0.25, 0.3) is 5.91 Å². The van der Waals surface area contributed by atoms with Gasteiger partial charge >= 0.3 is 0 Å². The van der Waals surface area contributed by atoms with Gasteiger partial charge in [0.1, 0.15) is 5.69 Å². The summed E-state index contributed by atoms with van der Waals surface area (Å²) in [7, 11) is 0. The molecule has 3 aliphatic rings. The minimum Gasteiger partial charge on any atom is -0.347 e. The summed E-state index contributed by atoms with van der Waals surface area (Å²) in [5.41, 5.74) is 1.73. The first-order valence-corrected chi connectivity index (χ1v) is 9.50. The van der Waals surface area contributed by atoms with Gasteiger partial charge in [-0.2, -0.15) is 5.10 Å². The highest BCUT2D eigenvalue weighted by Crippen LogP contribution is 2.41. The quantitative estimate of drug-likeness (QED) is 0.923. The van der Waals surface area contributed by atoms with Crippen LogP contribution in [-0.4, -0.2) is 45.3 Å². The highest BCUT2D eigenvalue weighted by molar-refractivity contribution is 5.92. The molecule has 2 heterocycles. The number of amides is 1. The Labute approximate surface area is 144 Å². The third-order valence-electron chi connectivity index (χ3n) is 5.57. The predicted octanol–water partition coefficient (Wildman–Crippen LogP) is 2.87. The van der Waals surface area contributed by atoms with Crippen LogP contribution in [0.3, 0.4) is 0 Å². The van der Waals surface area contributed by atoms with Crippen LogP contribution >= 0.6 is 0 Å². The van der Waals surface area contributed by atoms with Crippen molar-refractivity contribution in [2.45, 2.75) is 89.4 Å². The van der Waals surface area contributed by atoms with Crippen molar-refractivity contribution in [3.8, 4) is 0 Å². The van der Waals surface area contributed by atoms with Crippen molar-refractivity contribution in [2.24, 2.45) is 0 Å². The van der Waals surface area contributed by atoms with Crippen molar-refractivity contribution in [1.29, 1.82) is 0 Å². The molecule has 2 aliphatic carbocycles. The number of hydrogen-bond donors (Lipinski definition) is 1. The van der Waals surface area contributed by atoms with Crippen LogP contribution in [0.2, 0.25) is 0 Å². The first-order chi connectivity index (χ1) is 11.3. The molecule has 1 aliphatic heterocycles. The van der Waals surface area contributed by atoms with Crippen molar-refractivity contribution in [3.63, 3.8) is 0 Å². The molecule has 0 radical (unpaired) electrons. The van der Waals surface area contributed by atoms with Gasteiger partial charge in [-0.1, -0.05) is 0 Å². The van der Waals surface area contributed by atoms with Crippen molar-refractivity contribution < 1.29 is 4.79 Å². The standard InChI is InChI=1S/C19H30N4O/c1-12-9-14(11-22(12)15-7-8-15)20-18(24)16-10-17(13-5-6-13)23(21-16)19(2,3)4/h10,12-15H,5-9,11H2,1-4H3,(H,20,24)/t12-,14+/m0/s1.